The van der Waals surface area contributed by atoms with Gasteiger partial charge in [-0.15, -0.1) is 0 Å². The number of nitrogens with one attached hydrogen (secondary N) is 3. The predicted octanol–water partition coefficient (Wildman–Crippen LogP) is 1.46. The molecule has 6 nitrogen and oxygen atoms in total. The van der Waals surface area contributed by atoms with Crippen molar-refractivity contribution in [1.82, 2.24) is 10.6 Å². The van der Waals surface area contributed by atoms with E-state index in [0.717, 1.165) is 0 Å². The summed E-state index contributed by atoms with van der Waals surface area (Å²) in [5.74, 6) is -0.487. The Morgan fingerprint density at radius 1 is 1.05 bits per heavy atom. The molecule has 0 bridgehead atoms. The molecule has 0 aliphatic rings. The molecule has 0 aliphatic heterocycles. The fourth-order valence-electron chi connectivity index (χ4n) is 1.65. The third kappa shape index (κ3) is 6.21. The highest BCUT2D eigenvalue weighted by atomic mass is 16.2. The first kappa shape index (κ1) is 17.4. The molecule has 0 aliphatic carbocycles. The van der Waals surface area contributed by atoms with E-state index < -0.39 is 0 Å². The van der Waals surface area contributed by atoms with E-state index in [1.807, 2.05) is 0 Å². The van der Waals surface area contributed by atoms with E-state index in [-0.39, 0.29) is 17.7 Å². The van der Waals surface area contributed by atoms with Crippen LogP contribution in [-0.4, -0.2) is 30.8 Å². The van der Waals surface area contributed by atoms with E-state index in [9.17, 15) is 14.4 Å². The lowest BCUT2D eigenvalue weighted by Gasteiger charge is -2.07. The maximum atomic E-state index is 11.9. The van der Waals surface area contributed by atoms with Gasteiger partial charge in [0.25, 0.3) is 5.91 Å². The maximum absolute atomic E-state index is 11.9. The Bertz CT molecular complexity index is 550. The normalized spacial score (nSPS) is 10.3. The van der Waals surface area contributed by atoms with Crippen molar-refractivity contribution in [2.75, 3.05) is 18.4 Å². The number of hydrogen-bond donors (Lipinski definition) is 3. The molecule has 118 valence electrons. The second-order valence-electron chi connectivity index (χ2n) is 4.53. The minimum atomic E-state index is -0.225. The quantitative estimate of drug-likeness (QED) is 0.526. The van der Waals surface area contributed by atoms with Crippen LogP contribution in [0.5, 0.6) is 0 Å². The van der Waals surface area contributed by atoms with Crippen molar-refractivity contribution in [2.24, 2.45) is 0 Å². The number of anilines is 1. The number of benzene rings is 1. The first-order valence-corrected chi connectivity index (χ1v) is 7.15. The summed E-state index contributed by atoms with van der Waals surface area (Å²) in [5, 5.41) is 8.06. The standard InChI is InChI=1S/C16H21N3O3/c1-3-5-15(21)19-13-8-6-12(7-9-13)16(22)18-11-10-17-14(20)4-2/h3,5-9H,4,10-11H2,1-2H3,(H,17,20)(H,18,22)(H,19,21)/b5-3+. The van der Waals surface area contributed by atoms with Crippen molar-refractivity contribution in [3.8, 4) is 0 Å². The number of carbonyl (C=O) groups is 3. The lowest BCUT2D eigenvalue weighted by atomic mass is 10.2. The van der Waals surface area contributed by atoms with Crippen LogP contribution in [0.25, 0.3) is 0 Å². The number of amides is 3. The first-order chi connectivity index (χ1) is 10.6. The Labute approximate surface area is 130 Å². The van der Waals surface area contributed by atoms with Crippen LogP contribution < -0.4 is 16.0 Å². The molecule has 0 spiro atoms. The van der Waals surface area contributed by atoms with E-state index in [1.54, 1.807) is 44.2 Å². The fraction of sp³-hybridized carbons (Fsp3) is 0.312. The molecule has 0 saturated heterocycles. The second-order valence-corrected chi connectivity index (χ2v) is 4.53. The molecule has 1 aromatic rings. The molecule has 0 aromatic heterocycles. The Hall–Kier alpha value is -2.63. The molecule has 22 heavy (non-hydrogen) atoms. The van der Waals surface area contributed by atoms with Gasteiger partial charge in [0.05, 0.1) is 0 Å². The zero-order chi connectivity index (χ0) is 16.4. The summed E-state index contributed by atoms with van der Waals surface area (Å²) in [6.07, 6.45) is 3.49. The molecule has 3 amide bonds. The summed E-state index contributed by atoms with van der Waals surface area (Å²) in [6, 6.07) is 6.58. The Morgan fingerprint density at radius 2 is 1.68 bits per heavy atom. The average molecular weight is 303 g/mol. The lowest BCUT2D eigenvalue weighted by molar-refractivity contribution is -0.120. The van der Waals surface area contributed by atoms with Gasteiger partial charge in [-0.05, 0) is 37.3 Å². The highest BCUT2D eigenvalue weighted by Gasteiger charge is 2.05. The van der Waals surface area contributed by atoms with Crippen LogP contribution in [0.2, 0.25) is 0 Å². The van der Waals surface area contributed by atoms with E-state index in [0.29, 0.717) is 30.8 Å². The summed E-state index contributed by atoms with van der Waals surface area (Å²) in [5.41, 5.74) is 1.11. The van der Waals surface area contributed by atoms with Gasteiger partial charge in [0.1, 0.15) is 0 Å². The van der Waals surface area contributed by atoms with Crippen molar-refractivity contribution >= 4 is 23.4 Å². The fourth-order valence-corrected chi connectivity index (χ4v) is 1.65. The van der Waals surface area contributed by atoms with Crippen molar-refractivity contribution in [1.29, 1.82) is 0 Å². The lowest BCUT2D eigenvalue weighted by Crippen LogP contribution is -2.34. The molecule has 1 aromatic carbocycles. The third-order valence-corrected chi connectivity index (χ3v) is 2.79. The Morgan fingerprint density at radius 3 is 2.27 bits per heavy atom. The minimum Gasteiger partial charge on any atom is -0.354 e. The number of rotatable bonds is 7. The SMILES string of the molecule is C/C=C/C(=O)Nc1ccc(C(=O)NCCNC(=O)CC)cc1. The van der Waals surface area contributed by atoms with Gasteiger partial charge in [0.15, 0.2) is 0 Å². The number of carbonyl (C=O) groups excluding carboxylic acids is 3. The van der Waals surface area contributed by atoms with E-state index in [1.165, 1.54) is 6.08 Å². The van der Waals surface area contributed by atoms with Crippen LogP contribution in [0.15, 0.2) is 36.4 Å². The summed E-state index contributed by atoms with van der Waals surface area (Å²) in [4.78, 5) is 34.3. The minimum absolute atomic E-state index is 0.0459. The van der Waals surface area contributed by atoms with Crippen LogP contribution in [0.4, 0.5) is 5.69 Å². The van der Waals surface area contributed by atoms with Gasteiger partial charge < -0.3 is 16.0 Å². The van der Waals surface area contributed by atoms with Crippen LogP contribution >= 0.6 is 0 Å². The third-order valence-electron chi connectivity index (χ3n) is 2.79. The highest BCUT2D eigenvalue weighted by molar-refractivity contribution is 6.00. The largest absolute Gasteiger partial charge is 0.354 e. The van der Waals surface area contributed by atoms with Gasteiger partial charge in [0.2, 0.25) is 11.8 Å². The van der Waals surface area contributed by atoms with Crippen molar-refractivity contribution in [2.45, 2.75) is 20.3 Å². The van der Waals surface area contributed by atoms with Gasteiger partial charge >= 0.3 is 0 Å². The van der Waals surface area contributed by atoms with E-state index in [2.05, 4.69) is 16.0 Å². The monoisotopic (exact) mass is 303 g/mol. The Kier molecular flexibility index (Phi) is 7.39. The van der Waals surface area contributed by atoms with Crippen molar-refractivity contribution < 1.29 is 14.4 Å². The van der Waals surface area contributed by atoms with E-state index in [4.69, 9.17) is 0 Å². The van der Waals surface area contributed by atoms with Crippen molar-refractivity contribution in [3.63, 3.8) is 0 Å². The molecule has 3 N–H and O–H groups in total. The topological polar surface area (TPSA) is 87.3 Å². The van der Waals surface area contributed by atoms with Crippen LogP contribution in [0, 0.1) is 0 Å². The molecule has 0 atom stereocenters. The molecule has 6 heteroatoms. The summed E-state index contributed by atoms with van der Waals surface area (Å²) < 4.78 is 0. The highest BCUT2D eigenvalue weighted by Crippen LogP contribution is 2.09. The summed E-state index contributed by atoms with van der Waals surface area (Å²) >= 11 is 0. The molecular weight excluding hydrogens is 282 g/mol. The van der Waals surface area contributed by atoms with Gasteiger partial charge in [-0.25, -0.2) is 0 Å². The first-order valence-electron chi connectivity index (χ1n) is 7.15. The zero-order valence-corrected chi connectivity index (χ0v) is 12.8. The van der Waals surface area contributed by atoms with E-state index >= 15 is 0 Å². The number of hydrogen-bond acceptors (Lipinski definition) is 3. The molecule has 0 heterocycles. The smallest absolute Gasteiger partial charge is 0.251 e. The van der Waals surface area contributed by atoms with Gasteiger partial charge in [-0.1, -0.05) is 13.0 Å². The number of allylic oxidation sites excluding steroid dienone is 1. The van der Waals surface area contributed by atoms with Gasteiger partial charge in [-0.3, -0.25) is 14.4 Å². The van der Waals surface area contributed by atoms with Crippen LogP contribution in [-0.2, 0) is 9.59 Å². The van der Waals surface area contributed by atoms with Gasteiger partial charge in [-0.2, -0.15) is 0 Å². The average Bonchev–Trinajstić information content (AvgIpc) is 2.52. The second kappa shape index (κ2) is 9.33. The predicted molar refractivity (Wildman–Crippen MR) is 85.5 cm³/mol. The maximum Gasteiger partial charge on any atom is 0.251 e. The molecule has 0 fully saturated rings. The molecular formula is C16H21N3O3. The molecule has 1 rings (SSSR count). The van der Waals surface area contributed by atoms with Gasteiger partial charge in [0, 0.05) is 30.8 Å². The van der Waals surface area contributed by atoms with Crippen molar-refractivity contribution in [3.05, 3.63) is 42.0 Å². The Balaban J connectivity index is 2.43. The van der Waals surface area contributed by atoms with Crippen LogP contribution in [0.1, 0.15) is 30.6 Å². The summed E-state index contributed by atoms with van der Waals surface area (Å²) in [6.45, 7) is 4.29. The zero-order valence-electron chi connectivity index (χ0n) is 12.8. The molecule has 0 unspecified atom stereocenters. The van der Waals surface area contributed by atoms with Crippen LogP contribution in [0.3, 0.4) is 0 Å². The molecule has 0 saturated carbocycles. The summed E-state index contributed by atoms with van der Waals surface area (Å²) in [7, 11) is 0. The molecule has 0 radical (unpaired) electrons.